The maximum Gasteiger partial charge on any atom is 0.0752 e. The normalized spacial score (nSPS) is 37.9. The van der Waals surface area contributed by atoms with Crippen molar-refractivity contribution in [2.24, 2.45) is 0 Å². The van der Waals surface area contributed by atoms with Crippen LogP contribution >= 0.6 is 0 Å². The molecule has 66 valence electrons. The van der Waals surface area contributed by atoms with Gasteiger partial charge in [0.25, 0.3) is 0 Å². The number of rotatable bonds is 3. The Bertz CT molecular complexity index is 127. The Morgan fingerprint density at radius 3 is 2.82 bits per heavy atom. The van der Waals surface area contributed by atoms with Gasteiger partial charge in [-0.1, -0.05) is 31.9 Å². The summed E-state index contributed by atoms with van der Waals surface area (Å²) in [7, 11) is 1.36. The molecule has 0 aromatic heterocycles. The van der Waals surface area contributed by atoms with Gasteiger partial charge in [-0.05, 0) is 13.3 Å². The molecule has 0 aromatic rings. The third-order valence-corrected chi connectivity index (χ3v) is 7.82. The second kappa shape index (κ2) is 3.72. The van der Waals surface area contributed by atoms with Crippen LogP contribution in [0.25, 0.3) is 0 Å². The molecule has 11 heavy (non-hydrogen) atoms. The second-order valence-electron chi connectivity index (χ2n) is 3.89. The van der Waals surface area contributed by atoms with Crippen LogP contribution in [0.2, 0.25) is 12.1 Å². The van der Waals surface area contributed by atoms with Crippen molar-refractivity contribution in [3.63, 3.8) is 0 Å². The highest BCUT2D eigenvalue weighted by Gasteiger charge is 2.38. The van der Waals surface area contributed by atoms with Crippen molar-refractivity contribution < 1.29 is 4.74 Å². The standard InChI is InChI=1S/C9H20OSi/c1-4-7-11-8-5-6-9(11,2)10-3/h11H,4-8H2,1-3H3. The molecule has 1 nitrogen and oxygen atoms in total. The first-order chi connectivity index (χ1) is 5.23. The van der Waals surface area contributed by atoms with Gasteiger partial charge in [-0.15, -0.1) is 0 Å². The van der Waals surface area contributed by atoms with E-state index in [-0.39, 0.29) is 0 Å². The Labute approximate surface area is 71.7 Å². The molecular formula is C9H20OSi. The van der Waals surface area contributed by atoms with Crippen LogP contribution in [-0.4, -0.2) is 21.1 Å². The smallest absolute Gasteiger partial charge is 0.0752 e. The average molecular weight is 172 g/mol. The summed E-state index contributed by atoms with van der Waals surface area (Å²) in [6, 6.07) is 2.99. The maximum atomic E-state index is 5.63. The van der Waals surface area contributed by atoms with Gasteiger partial charge in [-0.2, -0.15) is 0 Å². The highest BCUT2D eigenvalue weighted by molar-refractivity contribution is 6.62. The van der Waals surface area contributed by atoms with Crippen LogP contribution in [0.1, 0.15) is 33.1 Å². The van der Waals surface area contributed by atoms with Gasteiger partial charge < -0.3 is 4.74 Å². The van der Waals surface area contributed by atoms with Gasteiger partial charge in [-0.3, -0.25) is 0 Å². The fraction of sp³-hybridized carbons (Fsp3) is 1.00. The molecule has 2 atom stereocenters. The van der Waals surface area contributed by atoms with Crippen LogP contribution in [0.4, 0.5) is 0 Å². The Morgan fingerprint density at radius 1 is 1.55 bits per heavy atom. The lowest BCUT2D eigenvalue weighted by Gasteiger charge is -2.28. The van der Waals surface area contributed by atoms with Crippen molar-refractivity contribution in [2.75, 3.05) is 7.11 Å². The van der Waals surface area contributed by atoms with E-state index in [0.29, 0.717) is 5.22 Å². The van der Waals surface area contributed by atoms with E-state index < -0.39 is 8.80 Å². The van der Waals surface area contributed by atoms with E-state index in [2.05, 4.69) is 13.8 Å². The first-order valence-corrected chi connectivity index (χ1v) is 6.99. The summed E-state index contributed by atoms with van der Waals surface area (Å²) in [4.78, 5) is 0. The molecule has 1 rings (SSSR count). The van der Waals surface area contributed by atoms with Gasteiger partial charge in [-0.25, -0.2) is 0 Å². The molecule has 0 radical (unpaired) electrons. The topological polar surface area (TPSA) is 9.23 Å². The Hall–Kier alpha value is 0.177. The highest BCUT2D eigenvalue weighted by atomic mass is 28.3. The second-order valence-corrected chi connectivity index (χ2v) is 7.66. The first-order valence-electron chi connectivity index (χ1n) is 4.78. The van der Waals surface area contributed by atoms with Crippen molar-refractivity contribution in [3.8, 4) is 0 Å². The molecule has 0 N–H and O–H groups in total. The molecule has 1 saturated heterocycles. The summed E-state index contributed by atoms with van der Waals surface area (Å²) in [6.45, 7) is 4.62. The largest absolute Gasteiger partial charge is 0.382 e. The van der Waals surface area contributed by atoms with E-state index in [9.17, 15) is 0 Å². The summed E-state index contributed by atoms with van der Waals surface area (Å²) in [6.07, 6.45) is 4.09. The van der Waals surface area contributed by atoms with Gasteiger partial charge >= 0.3 is 0 Å². The molecule has 2 heteroatoms. The molecule has 0 amide bonds. The number of hydrogen-bond donors (Lipinski definition) is 0. The summed E-state index contributed by atoms with van der Waals surface area (Å²) < 4.78 is 5.63. The minimum atomic E-state index is -0.533. The Balaban J connectivity index is 2.49. The summed E-state index contributed by atoms with van der Waals surface area (Å²) in [5.41, 5.74) is 0. The van der Waals surface area contributed by atoms with Crippen LogP contribution < -0.4 is 0 Å². The molecule has 2 unspecified atom stereocenters. The van der Waals surface area contributed by atoms with Crippen LogP contribution in [0.3, 0.4) is 0 Å². The van der Waals surface area contributed by atoms with Crippen molar-refractivity contribution in [3.05, 3.63) is 0 Å². The maximum absolute atomic E-state index is 5.63. The third kappa shape index (κ3) is 1.85. The fourth-order valence-corrected chi connectivity index (χ4v) is 6.13. The third-order valence-electron chi connectivity index (χ3n) is 3.19. The first kappa shape index (κ1) is 9.27. The zero-order valence-corrected chi connectivity index (χ0v) is 9.18. The molecular weight excluding hydrogens is 152 g/mol. The molecule has 1 aliphatic rings. The predicted molar refractivity (Wildman–Crippen MR) is 51.7 cm³/mol. The summed E-state index contributed by atoms with van der Waals surface area (Å²) in [5, 5.41) is 0.343. The fourth-order valence-electron chi connectivity index (χ4n) is 2.28. The van der Waals surface area contributed by atoms with E-state index in [4.69, 9.17) is 4.74 Å². The van der Waals surface area contributed by atoms with E-state index in [1.54, 1.807) is 0 Å². The Morgan fingerprint density at radius 2 is 2.27 bits per heavy atom. The quantitative estimate of drug-likeness (QED) is 0.594. The zero-order valence-electron chi connectivity index (χ0n) is 8.02. The lowest BCUT2D eigenvalue weighted by molar-refractivity contribution is 0.0724. The van der Waals surface area contributed by atoms with E-state index in [1.807, 2.05) is 7.11 Å². The van der Waals surface area contributed by atoms with Gasteiger partial charge in [0.15, 0.2) is 0 Å². The minimum Gasteiger partial charge on any atom is -0.382 e. The number of ether oxygens (including phenoxy) is 1. The SMILES string of the molecule is CCC[SiH]1CCCC1(C)OC. The van der Waals surface area contributed by atoms with E-state index in [0.717, 1.165) is 0 Å². The summed E-state index contributed by atoms with van der Waals surface area (Å²) >= 11 is 0. The van der Waals surface area contributed by atoms with Gasteiger partial charge in [0, 0.05) is 7.11 Å². The van der Waals surface area contributed by atoms with Gasteiger partial charge in [0.2, 0.25) is 0 Å². The van der Waals surface area contributed by atoms with Crippen LogP contribution in [0, 0.1) is 0 Å². The Kier molecular flexibility index (Phi) is 3.13. The molecule has 0 saturated carbocycles. The molecule has 0 bridgehead atoms. The number of methoxy groups -OCH3 is 1. The predicted octanol–water partition coefficient (Wildman–Crippen LogP) is 2.36. The van der Waals surface area contributed by atoms with Crippen molar-refractivity contribution in [2.45, 2.75) is 50.4 Å². The summed E-state index contributed by atoms with van der Waals surface area (Å²) in [5.74, 6) is 0. The molecule has 1 fully saturated rings. The lowest BCUT2D eigenvalue weighted by Crippen LogP contribution is -2.39. The molecule has 0 spiro atoms. The zero-order chi connectivity index (χ0) is 8.32. The van der Waals surface area contributed by atoms with Crippen LogP contribution in [0.15, 0.2) is 0 Å². The van der Waals surface area contributed by atoms with E-state index in [1.165, 1.54) is 31.4 Å². The molecule has 0 aromatic carbocycles. The van der Waals surface area contributed by atoms with Crippen molar-refractivity contribution in [1.29, 1.82) is 0 Å². The lowest BCUT2D eigenvalue weighted by atomic mass is 10.2. The van der Waals surface area contributed by atoms with E-state index >= 15 is 0 Å². The molecule has 1 heterocycles. The average Bonchev–Trinajstić information content (AvgIpc) is 2.35. The van der Waals surface area contributed by atoms with Crippen LogP contribution in [-0.2, 0) is 4.74 Å². The molecule has 1 aliphatic heterocycles. The van der Waals surface area contributed by atoms with Gasteiger partial charge in [0.05, 0.1) is 14.0 Å². The minimum absolute atomic E-state index is 0.343. The van der Waals surface area contributed by atoms with Crippen molar-refractivity contribution in [1.82, 2.24) is 0 Å². The molecule has 0 aliphatic carbocycles. The van der Waals surface area contributed by atoms with Crippen LogP contribution in [0.5, 0.6) is 0 Å². The van der Waals surface area contributed by atoms with Crippen molar-refractivity contribution >= 4 is 8.80 Å². The van der Waals surface area contributed by atoms with Gasteiger partial charge in [0.1, 0.15) is 0 Å². The highest BCUT2D eigenvalue weighted by Crippen LogP contribution is 2.34. The number of hydrogen-bond acceptors (Lipinski definition) is 1. The monoisotopic (exact) mass is 172 g/mol.